The van der Waals surface area contributed by atoms with Crippen LogP contribution in [0.5, 0.6) is 0 Å². The van der Waals surface area contributed by atoms with E-state index in [0.717, 1.165) is 19.3 Å². The van der Waals surface area contributed by atoms with Gasteiger partial charge in [0.1, 0.15) is 0 Å². The number of carboxylic acid groups (broad SMARTS) is 2. The second kappa shape index (κ2) is 6.62. The number of carboxylic acids is 2. The number of hydrogen-bond donors (Lipinski definition) is 2. The molecular formula is C13H21O4. The SMILES string of the molecule is CC(C(=O)O)C(CC[C]1CCCCC1)C(=O)O. The topological polar surface area (TPSA) is 74.6 Å². The minimum atomic E-state index is -1.02. The Hall–Kier alpha value is -1.06. The van der Waals surface area contributed by atoms with Crippen LogP contribution in [0.3, 0.4) is 0 Å². The van der Waals surface area contributed by atoms with Crippen molar-refractivity contribution in [2.75, 3.05) is 0 Å². The molecule has 1 aliphatic rings. The van der Waals surface area contributed by atoms with E-state index < -0.39 is 23.8 Å². The zero-order valence-corrected chi connectivity index (χ0v) is 10.3. The van der Waals surface area contributed by atoms with Crippen LogP contribution in [0.4, 0.5) is 0 Å². The molecular weight excluding hydrogens is 220 g/mol. The number of hydrogen-bond acceptors (Lipinski definition) is 2. The van der Waals surface area contributed by atoms with E-state index >= 15 is 0 Å². The maximum absolute atomic E-state index is 11.0. The highest BCUT2D eigenvalue weighted by molar-refractivity contribution is 5.79. The zero-order valence-electron chi connectivity index (χ0n) is 10.3. The Labute approximate surface area is 102 Å². The van der Waals surface area contributed by atoms with Crippen molar-refractivity contribution >= 4 is 11.9 Å². The molecule has 4 nitrogen and oxygen atoms in total. The lowest BCUT2D eigenvalue weighted by molar-refractivity contribution is -0.153. The van der Waals surface area contributed by atoms with Crippen molar-refractivity contribution in [2.24, 2.45) is 11.8 Å². The molecule has 1 fully saturated rings. The van der Waals surface area contributed by atoms with Gasteiger partial charge in [-0.25, -0.2) is 0 Å². The minimum Gasteiger partial charge on any atom is -0.481 e. The van der Waals surface area contributed by atoms with Crippen molar-refractivity contribution in [1.29, 1.82) is 0 Å². The molecule has 2 unspecified atom stereocenters. The van der Waals surface area contributed by atoms with Gasteiger partial charge in [-0.05, 0) is 31.6 Å². The number of carbonyl (C=O) groups is 2. The van der Waals surface area contributed by atoms with Gasteiger partial charge in [0, 0.05) is 0 Å². The van der Waals surface area contributed by atoms with Crippen molar-refractivity contribution in [3.63, 3.8) is 0 Å². The Kier molecular flexibility index (Phi) is 5.45. The summed E-state index contributed by atoms with van der Waals surface area (Å²) in [7, 11) is 0. The summed E-state index contributed by atoms with van der Waals surface area (Å²) in [5.74, 6) is -2.17. The first-order chi connectivity index (χ1) is 8.02. The van der Waals surface area contributed by atoms with Gasteiger partial charge in [-0.1, -0.05) is 26.2 Å². The second-order valence-corrected chi connectivity index (χ2v) is 4.92. The molecule has 1 saturated carbocycles. The first kappa shape index (κ1) is 14.0. The summed E-state index contributed by atoms with van der Waals surface area (Å²) in [6.45, 7) is 1.48. The number of aliphatic carboxylic acids is 2. The summed E-state index contributed by atoms with van der Waals surface area (Å²) in [4.78, 5) is 21.9. The fourth-order valence-corrected chi connectivity index (χ4v) is 2.42. The Balaban J connectivity index is 2.43. The molecule has 1 radical (unpaired) electrons. The highest BCUT2D eigenvalue weighted by Gasteiger charge is 2.30. The average molecular weight is 241 g/mol. The first-order valence-electron chi connectivity index (χ1n) is 6.31. The van der Waals surface area contributed by atoms with Crippen LogP contribution in [0.25, 0.3) is 0 Å². The lowest BCUT2D eigenvalue weighted by atomic mass is 9.81. The van der Waals surface area contributed by atoms with Crippen LogP contribution in [-0.2, 0) is 9.59 Å². The molecule has 0 saturated heterocycles. The largest absolute Gasteiger partial charge is 0.481 e. The molecule has 0 aromatic heterocycles. The summed E-state index contributed by atoms with van der Waals surface area (Å²) in [6, 6.07) is 0. The molecule has 4 heteroatoms. The van der Waals surface area contributed by atoms with E-state index in [-0.39, 0.29) is 0 Å². The van der Waals surface area contributed by atoms with Crippen LogP contribution in [0.2, 0.25) is 0 Å². The lowest BCUT2D eigenvalue weighted by Crippen LogP contribution is -2.28. The normalized spacial score (nSPS) is 20.8. The van der Waals surface area contributed by atoms with E-state index in [2.05, 4.69) is 0 Å². The molecule has 17 heavy (non-hydrogen) atoms. The van der Waals surface area contributed by atoms with Crippen molar-refractivity contribution in [1.82, 2.24) is 0 Å². The van der Waals surface area contributed by atoms with Crippen LogP contribution < -0.4 is 0 Å². The molecule has 2 atom stereocenters. The van der Waals surface area contributed by atoms with Crippen LogP contribution in [0, 0.1) is 17.8 Å². The minimum absolute atomic E-state index is 0.456. The van der Waals surface area contributed by atoms with Gasteiger partial charge in [-0.15, -0.1) is 0 Å². The smallest absolute Gasteiger partial charge is 0.307 e. The third kappa shape index (κ3) is 4.36. The standard InChI is InChI=1S/C13H21O4/c1-9(12(14)15)11(13(16)17)8-7-10-5-3-2-4-6-10/h9,11H,2-8H2,1H3,(H,14,15)(H,16,17). The van der Waals surface area contributed by atoms with Crippen molar-refractivity contribution < 1.29 is 19.8 Å². The molecule has 0 aromatic carbocycles. The Morgan fingerprint density at radius 2 is 1.71 bits per heavy atom. The second-order valence-electron chi connectivity index (χ2n) is 4.92. The monoisotopic (exact) mass is 241 g/mol. The predicted octanol–water partition coefficient (Wildman–Crippen LogP) is 2.73. The van der Waals surface area contributed by atoms with Crippen molar-refractivity contribution in [2.45, 2.75) is 51.9 Å². The molecule has 0 aliphatic heterocycles. The fourth-order valence-electron chi connectivity index (χ4n) is 2.42. The van der Waals surface area contributed by atoms with Crippen LogP contribution in [0.1, 0.15) is 51.9 Å². The highest BCUT2D eigenvalue weighted by atomic mass is 16.4. The van der Waals surface area contributed by atoms with E-state index in [0.29, 0.717) is 6.42 Å². The van der Waals surface area contributed by atoms with E-state index in [1.165, 1.54) is 32.1 Å². The summed E-state index contributed by atoms with van der Waals surface area (Å²) in [6.07, 6.45) is 7.06. The quantitative estimate of drug-likeness (QED) is 0.749. The Morgan fingerprint density at radius 3 is 2.18 bits per heavy atom. The van der Waals surface area contributed by atoms with Gasteiger partial charge >= 0.3 is 11.9 Å². The van der Waals surface area contributed by atoms with Gasteiger partial charge in [-0.3, -0.25) is 9.59 Å². The van der Waals surface area contributed by atoms with Gasteiger partial charge in [0.2, 0.25) is 0 Å². The van der Waals surface area contributed by atoms with E-state index in [1.54, 1.807) is 0 Å². The van der Waals surface area contributed by atoms with Crippen molar-refractivity contribution in [3.05, 3.63) is 5.92 Å². The van der Waals surface area contributed by atoms with Crippen LogP contribution >= 0.6 is 0 Å². The average Bonchev–Trinajstić information content (AvgIpc) is 2.29. The Morgan fingerprint density at radius 1 is 1.12 bits per heavy atom. The summed E-state index contributed by atoms with van der Waals surface area (Å²) < 4.78 is 0. The molecule has 0 spiro atoms. The molecule has 1 rings (SSSR count). The van der Waals surface area contributed by atoms with Crippen molar-refractivity contribution in [3.8, 4) is 0 Å². The van der Waals surface area contributed by atoms with E-state index in [4.69, 9.17) is 10.2 Å². The fraction of sp³-hybridized carbons (Fsp3) is 0.769. The van der Waals surface area contributed by atoms with Crippen LogP contribution in [-0.4, -0.2) is 22.2 Å². The van der Waals surface area contributed by atoms with Crippen LogP contribution in [0.15, 0.2) is 0 Å². The number of rotatable bonds is 6. The zero-order chi connectivity index (χ0) is 12.8. The highest BCUT2D eigenvalue weighted by Crippen LogP contribution is 2.31. The molecule has 0 aromatic rings. The molecule has 0 bridgehead atoms. The maximum Gasteiger partial charge on any atom is 0.307 e. The Bertz CT molecular complexity index is 269. The van der Waals surface area contributed by atoms with Gasteiger partial charge in [0.05, 0.1) is 11.8 Å². The summed E-state index contributed by atoms with van der Waals surface area (Å²) in [5, 5.41) is 17.9. The molecule has 1 aliphatic carbocycles. The van der Waals surface area contributed by atoms with E-state index in [1.807, 2.05) is 0 Å². The first-order valence-corrected chi connectivity index (χ1v) is 6.31. The molecule has 2 N–H and O–H groups in total. The molecule has 0 amide bonds. The summed E-state index contributed by atoms with van der Waals surface area (Å²) in [5.41, 5.74) is 0. The third-order valence-electron chi connectivity index (χ3n) is 3.68. The summed E-state index contributed by atoms with van der Waals surface area (Å²) >= 11 is 0. The van der Waals surface area contributed by atoms with Gasteiger partial charge < -0.3 is 10.2 Å². The third-order valence-corrected chi connectivity index (χ3v) is 3.68. The maximum atomic E-state index is 11.0. The lowest BCUT2D eigenvalue weighted by Gasteiger charge is -2.23. The molecule has 97 valence electrons. The molecule has 0 heterocycles. The predicted molar refractivity (Wildman–Crippen MR) is 63.5 cm³/mol. The van der Waals surface area contributed by atoms with Gasteiger partial charge in [0.25, 0.3) is 0 Å². The van der Waals surface area contributed by atoms with Gasteiger partial charge in [0.15, 0.2) is 0 Å². The van der Waals surface area contributed by atoms with E-state index in [9.17, 15) is 9.59 Å². The van der Waals surface area contributed by atoms with Gasteiger partial charge in [-0.2, -0.15) is 0 Å².